The molecule has 4 atom stereocenters. The largest absolute Gasteiger partial charge is 0.492 e. The molecule has 1 N–H and O–H groups in total. The van der Waals surface area contributed by atoms with Crippen LogP contribution in [0.2, 0.25) is 0 Å². The van der Waals surface area contributed by atoms with Crippen molar-refractivity contribution in [1.82, 2.24) is 5.32 Å². The Hall–Kier alpha value is -3.96. The monoisotopic (exact) mass is 505 g/mol. The number of carbonyl (C=O) groups is 2. The second kappa shape index (κ2) is 9.10. The van der Waals surface area contributed by atoms with Crippen molar-refractivity contribution in [1.29, 1.82) is 0 Å². The maximum atomic E-state index is 14.7. The van der Waals surface area contributed by atoms with Crippen molar-refractivity contribution in [2.75, 3.05) is 6.61 Å². The number of hydrogen-bond donors (Lipinski definition) is 1. The molecule has 1 fully saturated rings. The number of hydrogen-bond acceptors (Lipinski definition) is 5. The predicted octanol–water partition coefficient (Wildman–Crippen LogP) is 6.24. The van der Waals surface area contributed by atoms with Crippen LogP contribution in [-0.4, -0.2) is 30.0 Å². The molecule has 0 bridgehead atoms. The number of rotatable bonds is 3. The quantitative estimate of drug-likeness (QED) is 0.334. The van der Waals surface area contributed by atoms with Crippen molar-refractivity contribution >= 4 is 22.5 Å². The lowest BCUT2D eigenvalue weighted by molar-refractivity contribution is -0.157. The molecule has 1 saturated heterocycles. The Bertz CT molecular complexity index is 1520. The molecule has 4 aromatic carbocycles. The lowest BCUT2D eigenvalue weighted by atomic mass is 9.62. The van der Waals surface area contributed by atoms with Crippen LogP contribution < -0.4 is 10.1 Å². The highest BCUT2D eigenvalue weighted by Crippen LogP contribution is 2.58. The molecular formula is C33H31NO4. The molecule has 1 spiro atoms. The first-order chi connectivity index (χ1) is 18.3. The molecule has 5 nitrogen and oxygen atoms in total. The number of ketones is 1. The summed E-state index contributed by atoms with van der Waals surface area (Å²) in [7, 11) is 0. The van der Waals surface area contributed by atoms with Gasteiger partial charge in [-0.2, -0.15) is 0 Å². The molecule has 0 aliphatic carbocycles. The van der Waals surface area contributed by atoms with Crippen LogP contribution in [0.3, 0.4) is 0 Å². The van der Waals surface area contributed by atoms with Gasteiger partial charge in [0.1, 0.15) is 24.0 Å². The molecule has 2 aliphatic rings. The molecule has 0 aromatic heterocycles. The van der Waals surface area contributed by atoms with Gasteiger partial charge in [0.05, 0.1) is 17.0 Å². The smallest absolute Gasteiger partial charge is 0.324 e. The molecule has 2 heterocycles. The Morgan fingerprint density at radius 2 is 1.58 bits per heavy atom. The summed E-state index contributed by atoms with van der Waals surface area (Å²) in [5, 5.41) is 5.73. The van der Waals surface area contributed by atoms with Crippen molar-refractivity contribution in [3.05, 3.63) is 114 Å². The Balaban J connectivity index is 1.61. The van der Waals surface area contributed by atoms with Crippen molar-refractivity contribution in [3.8, 4) is 5.75 Å². The highest BCUT2D eigenvalue weighted by Gasteiger charge is 2.64. The molecule has 0 saturated carbocycles. The van der Waals surface area contributed by atoms with Crippen LogP contribution in [0.1, 0.15) is 54.2 Å². The minimum absolute atomic E-state index is 0.0234. The van der Waals surface area contributed by atoms with E-state index in [4.69, 9.17) is 9.47 Å². The molecule has 4 aromatic rings. The highest BCUT2D eigenvalue weighted by molar-refractivity contribution is 6.06. The first kappa shape index (κ1) is 24.4. The van der Waals surface area contributed by atoms with Gasteiger partial charge in [0, 0.05) is 5.92 Å². The average Bonchev–Trinajstić information content (AvgIpc) is 3.26. The van der Waals surface area contributed by atoms with Crippen molar-refractivity contribution in [3.63, 3.8) is 0 Å². The number of esters is 1. The number of Topliss-reactive ketones (excluding diaryl/α,β-unsaturated/α-hetero) is 1. The van der Waals surface area contributed by atoms with Crippen molar-refractivity contribution < 1.29 is 19.1 Å². The third-order valence-corrected chi connectivity index (χ3v) is 7.72. The van der Waals surface area contributed by atoms with E-state index < -0.39 is 29.0 Å². The van der Waals surface area contributed by atoms with E-state index in [1.54, 1.807) is 0 Å². The second-order valence-electron chi connectivity index (χ2n) is 11.2. The molecule has 38 heavy (non-hydrogen) atoms. The van der Waals surface area contributed by atoms with E-state index in [0.717, 1.165) is 21.9 Å². The zero-order chi connectivity index (χ0) is 26.5. The van der Waals surface area contributed by atoms with E-state index in [9.17, 15) is 9.59 Å². The third-order valence-electron chi connectivity index (χ3n) is 7.72. The predicted molar refractivity (Wildman–Crippen MR) is 147 cm³/mol. The van der Waals surface area contributed by atoms with E-state index in [1.165, 1.54) is 0 Å². The average molecular weight is 506 g/mol. The van der Waals surface area contributed by atoms with E-state index >= 15 is 0 Å². The summed E-state index contributed by atoms with van der Waals surface area (Å²) < 4.78 is 12.3. The standard InChI is InChI=1S/C33H31NO4/c1-32(2,3)38-31(36)28-27(22-13-5-4-6-14-22)33(20-37-26-19-10-9-17-25(26)30(33)35)29(34-28)24-18-11-15-21-12-7-8-16-23(21)24/h4-19,27-29,34H,20H2,1-3H3/t27-,28+,29+,33+/m1/s1. The lowest BCUT2D eigenvalue weighted by Gasteiger charge is -2.42. The number of nitrogens with one attached hydrogen (secondary N) is 1. The van der Waals surface area contributed by atoms with Gasteiger partial charge in [0.15, 0.2) is 5.78 Å². The van der Waals surface area contributed by atoms with E-state index in [1.807, 2.05) is 93.6 Å². The van der Waals surface area contributed by atoms with Crippen LogP contribution in [-0.2, 0) is 9.53 Å². The summed E-state index contributed by atoms with van der Waals surface area (Å²) in [5.41, 5.74) is 0.643. The van der Waals surface area contributed by atoms with E-state index in [-0.39, 0.29) is 18.4 Å². The van der Waals surface area contributed by atoms with Gasteiger partial charge >= 0.3 is 5.97 Å². The molecular weight excluding hydrogens is 474 g/mol. The fourth-order valence-corrected chi connectivity index (χ4v) is 6.23. The van der Waals surface area contributed by atoms with Crippen LogP contribution in [0.4, 0.5) is 0 Å². The van der Waals surface area contributed by atoms with Crippen LogP contribution in [0, 0.1) is 5.41 Å². The number of ether oxygens (including phenoxy) is 2. The lowest BCUT2D eigenvalue weighted by Crippen LogP contribution is -2.48. The number of para-hydroxylation sites is 1. The molecule has 0 amide bonds. The van der Waals surface area contributed by atoms with Crippen LogP contribution >= 0.6 is 0 Å². The minimum atomic E-state index is -1.08. The topological polar surface area (TPSA) is 64.6 Å². The van der Waals surface area contributed by atoms with Crippen LogP contribution in [0.5, 0.6) is 5.75 Å². The summed E-state index contributed by atoms with van der Waals surface area (Å²) in [4.78, 5) is 28.6. The molecule has 2 aliphatic heterocycles. The van der Waals surface area contributed by atoms with Crippen molar-refractivity contribution in [2.24, 2.45) is 5.41 Å². The summed E-state index contributed by atoms with van der Waals surface area (Å²) >= 11 is 0. The maximum Gasteiger partial charge on any atom is 0.324 e. The van der Waals surface area contributed by atoms with Gasteiger partial charge in [-0.25, -0.2) is 0 Å². The molecule has 6 rings (SSSR count). The zero-order valence-corrected chi connectivity index (χ0v) is 21.8. The molecule has 0 radical (unpaired) electrons. The SMILES string of the molecule is CC(C)(C)OC(=O)[C@H]1N[C@@H](c2cccc3ccccc23)[C@]2(COc3ccccc3C2=O)[C@@H]1c1ccccc1. The third kappa shape index (κ3) is 3.89. The fourth-order valence-electron chi connectivity index (χ4n) is 6.23. The first-order valence-corrected chi connectivity index (χ1v) is 13.1. The van der Waals surface area contributed by atoms with E-state index in [0.29, 0.717) is 11.3 Å². The Morgan fingerprint density at radius 1 is 0.895 bits per heavy atom. The fraction of sp³-hybridized carbons (Fsp3) is 0.273. The number of benzene rings is 4. The molecule has 5 heteroatoms. The van der Waals surface area contributed by atoms with Gasteiger partial charge in [-0.1, -0.05) is 84.9 Å². The zero-order valence-electron chi connectivity index (χ0n) is 21.8. The second-order valence-corrected chi connectivity index (χ2v) is 11.2. The van der Waals surface area contributed by atoms with Gasteiger partial charge in [-0.15, -0.1) is 0 Å². The van der Waals surface area contributed by atoms with E-state index in [2.05, 4.69) is 29.6 Å². The highest BCUT2D eigenvalue weighted by atomic mass is 16.6. The van der Waals surface area contributed by atoms with Gasteiger partial charge in [-0.3, -0.25) is 14.9 Å². The summed E-state index contributed by atoms with van der Waals surface area (Å²) in [6.07, 6.45) is 0. The minimum Gasteiger partial charge on any atom is -0.492 e. The molecule has 0 unspecified atom stereocenters. The normalized spacial score (nSPS) is 24.7. The van der Waals surface area contributed by atoms with Gasteiger partial charge in [-0.05, 0) is 54.8 Å². The van der Waals surface area contributed by atoms with Crippen molar-refractivity contribution in [2.45, 2.75) is 44.4 Å². The number of carbonyl (C=O) groups excluding carboxylic acids is 2. The van der Waals surface area contributed by atoms with Gasteiger partial charge in [0.2, 0.25) is 0 Å². The Labute approximate surface area is 222 Å². The van der Waals surface area contributed by atoms with Crippen LogP contribution in [0.25, 0.3) is 10.8 Å². The summed E-state index contributed by atoms with van der Waals surface area (Å²) in [5.74, 6) is -0.333. The Kier molecular flexibility index (Phi) is 5.84. The number of fused-ring (bicyclic) bond motifs is 2. The van der Waals surface area contributed by atoms with Crippen LogP contribution in [0.15, 0.2) is 97.1 Å². The summed E-state index contributed by atoms with van der Waals surface area (Å²) in [6, 6.07) is 30.2. The summed E-state index contributed by atoms with van der Waals surface area (Å²) in [6.45, 7) is 5.73. The Morgan fingerprint density at radius 3 is 2.37 bits per heavy atom. The van der Waals surface area contributed by atoms with Gasteiger partial charge in [0.25, 0.3) is 0 Å². The first-order valence-electron chi connectivity index (χ1n) is 13.1. The molecule has 192 valence electrons. The maximum absolute atomic E-state index is 14.7. The van der Waals surface area contributed by atoms with Gasteiger partial charge < -0.3 is 9.47 Å².